The van der Waals surface area contributed by atoms with Crippen LogP contribution in [0.1, 0.15) is 52.6 Å². The predicted molar refractivity (Wildman–Crippen MR) is 187 cm³/mol. The second-order valence-electron chi connectivity index (χ2n) is 10.6. The van der Waals surface area contributed by atoms with E-state index in [2.05, 4.69) is 0 Å². The van der Waals surface area contributed by atoms with Gasteiger partial charge in [0.05, 0.1) is 28.4 Å². The van der Waals surface area contributed by atoms with Crippen LogP contribution in [0.5, 0.6) is 46.0 Å². The van der Waals surface area contributed by atoms with E-state index in [0.717, 1.165) is 28.4 Å². The molecule has 54 heavy (non-hydrogen) atoms. The molecule has 270 valence electrons. The van der Waals surface area contributed by atoms with Gasteiger partial charge in [-0.1, -0.05) is 48.5 Å². The molecule has 0 aliphatic heterocycles. The molecular formula is C40H28N2O12. The van der Waals surface area contributed by atoms with Crippen LogP contribution in [0.15, 0.2) is 97.1 Å². The van der Waals surface area contributed by atoms with Gasteiger partial charge in [-0.05, 0) is 48.5 Å². The zero-order chi connectivity index (χ0) is 38.8. The Bertz CT molecular complexity index is 2190. The lowest BCUT2D eigenvalue weighted by molar-refractivity contribution is 0.0587. The summed E-state index contributed by atoms with van der Waals surface area (Å²) in [4.78, 5) is 51.4. The van der Waals surface area contributed by atoms with Crippen LogP contribution in [0.2, 0.25) is 0 Å². The number of hydrogen-bond acceptors (Lipinski definition) is 14. The fraction of sp³-hybridized carbons (Fsp3) is 0.100. The van der Waals surface area contributed by atoms with Gasteiger partial charge in [-0.3, -0.25) is 0 Å². The maximum absolute atomic E-state index is 12.9. The third-order valence-electron chi connectivity index (χ3n) is 7.56. The van der Waals surface area contributed by atoms with Crippen LogP contribution in [0.4, 0.5) is 0 Å². The minimum Gasteiger partial charge on any atom is -0.465 e. The standard InChI is InChI=1S/C40H28N2O12/c1-47-37(43)23-13-5-9-17-29(23)51-33-27(21-41)28(22-42)34(52-30-18-10-6-14-24(30)38(44)48-2)36(54-32-20-12-8-16-26(32)40(46)50-4)35(33)53-31-19-11-7-15-25(31)39(45)49-3/h5-20H,1-4H3. The summed E-state index contributed by atoms with van der Waals surface area (Å²) in [5, 5.41) is 21.3. The van der Waals surface area contributed by atoms with E-state index in [0.29, 0.717) is 0 Å². The van der Waals surface area contributed by atoms with Crippen LogP contribution >= 0.6 is 0 Å². The minimum absolute atomic E-state index is 0.0749. The molecule has 0 amide bonds. The van der Waals surface area contributed by atoms with E-state index in [-0.39, 0.29) is 45.3 Å². The molecule has 0 heterocycles. The molecule has 14 heteroatoms. The largest absolute Gasteiger partial charge is 0.465 e. The molecule has 0 fully saturated rings. The van der Waals surface area contributed by atoms with Gasteiger partial charge in [0, 0.05) is 0 Å². The van der Waals surface area contributed by atoms with Crippen LogP contribution in [-0.2, 0) is 18.9 Å². The molecule has 0 N–H and O–H groups in total. The second kappa shape index (κ2) is 16.9. The zero-order valence-electron chi connectivity index (χ0n) is 29.0. The van der Waals surface area contributed by atoms with E-state index < -0.39 is 58.0 Å². The van der Waals surface area contributed by atoms with Crippen molar-refractivity contribution in [3.8, 4) is 58.1 Å². The lowest BCUT2D eigenvalue weighted by Gasteiger charge is -2.23. The van der Waals surface area contributed by atoms with Crippen molar-refractivity contribution in [2.45, 2.75) is 0 Å². The average molecular weight is 729 g/mol. The van der Waals surface area contributed by atoms with Crippen LogP contribution in [0.3, 0.4) is 0 Å². The first kappa shape index (κ1) is 37.4. The molecular weight excluding hydrogens is 700 g/mol. The fourth-order valence-corrected chi connectivity index (χ4v) is 5.03. The highest BCUT2D eigenvalue weighted by molar-refractivity contribution is 5.95. The molecule has 5 aromatic carbocycles. The van der Waals surface area contributed by atoms with Crippen molar-refractivity contribution in [2.75, 3.05) is 28.4 Å². The molecule has 0 bridgehead atoms. The van der Waals surface area contributed by atoms with Gasteiger partial charge in [0.15, 0.2) is 11.5 Å². The van der Waals surface area contributed by atoms with E-state index in [1.165, 1.54) is 60.7 Å². The first-order valence-corrected chi connectivity index (χ1v) is 15.7. The Kier molecular flexibility index (Phi) is 11.7. The third kappa shape index (κ3) is 7.58. The first-order valence-electron chi connectivity index (χ1n) is 15.7. The molecule has 0 atom stereocenters. The number of carbonyl (C=O) groups excluding carboxylic acids is 4. The van der Waals surface area contributed by atoms with Gasteiger partial charge < -0.3 is 37.9 Å². The van der Waals surface area contributed by atoms with Crippen molar-refractivity contribution in [1.29, 1.82) is 10.5 Å². The lowest BCUT2D eigenvalue weighted by Crippen LogP contribution is -2.09. The normalized spacial score (nSPS) is 10.1. The predicted octanol–water partition coefficient (Wildman–Crippen LogP) is 7.75. The summed E-state index contributed by atoms with van der Waals surface area (Å²) in [5.74, 6) is -5.69. The molecule has 0 unspecified atom stereocenters. The number of carbonyl (C=O) groups is 4. The molecule has 0 radical (unpaired) electrons. The Morgan fingerprint density at radius 2 is 0.611 bits per heavy atom. The molecule has 0 aliphatic carbocycles. The van der Waals surface area contributed by atoms with Crippen LogP contribution in [-0.4, -0.2) is 52.3 Å². The Morgan fingerprint density at radius 3 is 0.833 bits per heavy atom. The molecule has 0 aliphatic rings. The highest BCUT2D eigenvalue weighted by Gasteiger charge is 2.34. The number of ether oxygens (including phenoxy) is 8. The van der Waals surface area contributed by atoms with Gasteiger partial charge >= 0.3 is 23.9 Å². The quantitative estimate of drug-likeness (QED) is 0.0895. The van der Waals surface area contributed by atoms with Crippen molar-refractivity contribution >= 4 is 23.9 Å². The molecule has 5 aromatic rings. The van der Waals surface area contributed by atoms with Crippen molar-refractivity contribution in [2.24, 2.45) is 0 Å². The molecule has 14 nitrogen and oxygen atoms in total. The number of benzene rings is 5. The number of methoxy groups -OCH3 is 4. The maximum Gasteiger partial charge on any atom is 0.341 e. The minimum atomic E-state index is -0.805. The second-order valence-corrected chi connectivity index (χ2v) is 10.6. The summed E-state index contributed by atoms with van der Waals surface area (Å²) >= 11 is 0. The van der Waals surface area contributed by atoms with E-state index in [4.69, 9.17) is 37.9 Å². The highest BCUT2D eigenvalue weighted by atomic mass is 16.6. The van der Waals surface area contributed by atoms with E-state index >= 15 is 0 Å². The van der Waals surface area contributed by atoms with Crippen LogP contribution < -0.4 is 18.9 Å². The Balaban J connectivity index is 1.94. The number of esters is 4. The topological polar surface area (TPSA) is 190 Å². The maximum atomic E-state index is 12.9. The summed E-state index contributed by atoms with van der Waals surface area (Å²) in [5.41, 5.74) is -1.28. The van der Waals surface area contributed by atoms with Gasteiger partial charge in [-0.25, -0.2) is 19.2 Å². The van der Waals surface area contributed by atoms with Crippen molar-refractivity contribution in [1.82, 2.24) is 0 Å². The first-order chi connectivity index (χ1) is 26.2. The SMILES string of the molecule is COC(=O)c1ccccc1Oc1c(C#N)c(C#N)c(Oc2ccccc2C(=O)OC)c(Oc2ccccc2C(=O)OC)c1Oc1ccccc1C(=O)OC. The summed E-state index contributed by atoms with van der Waals surface area (Å²) < 4.78 is 45.1. The van der Waals surface area contributed by atoms with Crippen LogP contribution in [0.25, 0.3) is 0 Å². The smallest absolute Gasteiger partial charge is 0.341 e. The van der Waals surface area contributed by atoms with Gasteiger partial charge in [0.2, 0.25) is 11.5 Å². The number of nitrogens with zero attached hydrogens (tertiary/aromatic N) is 2. The monoisotopic (exact) mass is 728 g/mol. The number of nitriles is 2. The molecule has 0 aromatic heterocycles. The lowest BCUT2D eigenvalue weighted by atomic mass is 10.0. The molecule has 5 rings (SSSR count). The Morgan fingerprint density at radius 1 is 0.389 bits per heavy atom. The summed E-state index contributed by atoms with van der Waals surface area (Å²) in [6.45, 7) is 0. The van der Waals surface area contributed by atoms with Crippen molar-refractivity contribution < 1.29 is 57.1 Å². The number of para-hydroxylation sites is 4. The summed E-state index contributed by atoms with van der Waals surface area (Å²) in [7, 11) is 4.65. The third-order valence-corrected chi connectivity index (χ3v) is 7.56. The van der Waals surface area contributed by atoms with E-state index in [1.807, 2.05) is 12.1 Å². The molecule has 0 spiro atoms. The van der Waals surface area contributed by atoms with Crippen molar-refractivity contribution in [3.63, 3.8) is 0 Å². The average Bonchev–Trinajstić information content (AvgIpc) is 3.21. The Hall–Kier alpha value is -7.84. The van der Waals surface area contributed by atoms with E-state index in [1.54, 1.807) is 36.4 Å². The number of hydrogen-bond donors (Lipinski definition) is 0. The fourth-order valence-electron chi connectivity index (χ4n) is 5.03. The summed E-state index contributed by atoms with van der Waals surface area (Å²) in [6, 6.07) is 27.4. The number of rotatable bonds is 12. The van der Waals surface area contributed by atoms with Gasteiger partial charge in [0.25, 0.3) is 0 Å². The Labute approximate surface area is 308 Å². The molecule has 0 saturated heterocycles. The van der Waals surface area contributed by atoms with Gasteiger partial charge in [0.1, 0.15) is 68.5 Å². The molecule has 0 saturated carbocycles. The van der Waals surface area contributed by atoms with Gasteiger partial charge in [-0.15, -0.1) is 0 Å². The zero-order valence-corrected chi connectivity index (χ0v) is 29.0. The van der Waals surface area contributed by atoms with Crippen molar-refractivity contribution in [3.05, 3.63) is 130 Å². The van der Waals surface area contributed by atoms with Gasteiger partial charge in [-0.2, -0.15) is 10.5 Å². The van der Waals surface area contributed by atoms with Crippen LogP contribution in [0, 0.1) is 22.7 Å². The van der Waals surface area contributed by atoms with E-state index in [9.17, 15) is 29.7 Å². The highest BCUT2D eigenvalue weighted by Crippen LogP contribution is 2.55. The summed E-state index contributed by atoms with van der Waals surface area (Å²) in [6.07, 6.45) is 0.